The van der Waals surface area contributed by atoms with E-state index in [0.717, 1.165) is 25.0 Å². The summed E-state index contributed by atoms with van der Waals surface area (Å²) >= 11 is 5.77. The number of nitrogens with one attached hydrogen (secondary N) is 1. The van der Waals surface area contributed by atoms with Gasteiger partial charge in [-0.15, -0.1) is 0 Å². The smallest absolute Gasteiger partial charge is 0.280 e. The molecule has 13 heteroatoms. The number of carbonyl (C=O) groups is 1. The molecule has 180 valence electrons. The molecule has 1 aromatic heterocycles. The van der Waals surface area contributed by atoms with E-state index >= 15 is 0 Å². The first-order valence-electron chi connectivity index (χ1n) is 9.73. The van der Waals surface area contributed by atoms with Crippen molar-refractivity contribution in [1.29, 1.82) is 0 Å². The number of aliphatic imine (C=N–C) groups is 2. The molecule has 0 aliphatic rings. The predicted molar refractivity (Wildman–Crippen MR) is 132 cm³/mol. The van der Waals surface area contributed by atoms with Gasteiger partial charge in [-0.3, -0.25) is 20.1 Å². The number of unbranched alkanes of at least 4 members (excludes halogenated alkanes) is 1. The molecule has 1 amide bonds. The number of guanidine groups is 2. The Morgan fingerprint density at radius 1 is 1.00 bits per heavy atom. The second-order valence-corrected chi connectivity index (χ2v) is 6.97. The van der Waals surface area contributed by atoms with Crippen LogP contribution in [0.15, 0.2) is 34.3 Å². The summed E-state index contributed by atoms with van der Waals surface area (Å²) in [6.45, 7) is 1.25. The normalized spacial score (nSPS) is 10.8. The van der Waals surface area contributed by atoms with Crippen LogP contribution in [-0.2, 0) is 6.42 Å². The first-order valence-corrected chi connectivity index (χ1v) is 10.1. The van der Waals surface area contributed by atoms with Crippen molar-refractivity contribution in [1.82, 2.24) is 15.3 Å². The number of carbonyl (C=O) groups excluding carboxylic acids is 1. The lowest BCUT2D eigenvalue weighted by atomic mass is 10.1. The van der Waals surface area contributed by atoms with Gasteiger partial charge >= 0.3 is 0 Å². The summed E-state index contributed by atoms with van der Waals surface area (Å²) in [6.07, 6.45) is 2.54. The number of halogens is 1. The Morgan fingerprint density at radius 2 is 1.70 bits per heavy atom. The van der Waals surface area contributed by atoms with Gasteiger partial charge in [-0.1, -0.05) is 31.2 Å². The summed E-state index contributed by atoms with van der Waals surface area (Å²) in [5.41, 5.74) is 28.4. The van der Waals surface area contributed by atoms with Crippen molar-refractivity contribution in [3.8, 4) is 5.75 Å². The van der Waals surface area contributed by atoms with Crippen molar-refractivity contribution in [2.45, 2.75) is 26.7 Å². The summed E-state index contributed by atoms with van der Waals surface area (Å²) in [5, 5.41) is 2.28. The number of ether oxygens (including phenoxy) is 1. The van der Waals surface area contributed by atoms with E-state index in [-0.39, 0.29) is 41.8 Å². The van der Waals surface area contributed by atoms with E-state index in [1.54, 1.807) is 0 Å². The fourth-order valence-electron chi connectivity index (χ4n) is 2.55. The maximum absolute atomic E-state index is 12.2. The summed E-state index contributed by atoms with van der Waals surface area (Å²) in [7, 11) is 0. The SMILES string of the molecule is C.NC(N)=NCCOc1ccc(CCCCN=C(N)NC(=O)c2nc(Cl)c(N)nc2N)cc1. The molecule has 1 aromatic carbocycles. The molecule has 0 saturated heterocycles. The highest BCUT2D eigenvalue weighted by Gasteiger charge is 2.16. The van der Waals surface area contributed by atoms with Crippen LogP contribution in [0.25, 0.3) is 0 Å². The molecule has 0 unspecified atom stereocenters. The Bertz CT molecular complexity index is 976. The molecule has 0 saturated carbocycles. The van der Waals surface area contributed by atoms with Crippen molar-refractivity contribution < 1.29 is 9.53 Å². The van der Waals surface area contributed by atoms with Gasteiger partial charge in [-0.05, 0) is 37.0 Å². The quantitative estimate of drug-likeness (QED) is 0.160. The fourth-order valence-corrected chi connectivity index (χ4v) is 2.68. The molecule has 0 bridgehead atoms. The topological polar surface area (TPSA) is 219 Å². The Balaban J connectivity index is 0.00000544. The van der Waals surface area contributed by atoms with E-state index in [9.17, 15) is 4.79 Å². The fraction of sp³-hybridized carbons (Fsp3) is 0.350. The van der Waals surface area contributed by atoms with E-state index < -0.39 is 5.91 Å². The van der Waals surface area contributed by atoms with Crippen LogP contribution < -0.4 is 38.7 Å². The van der Waals surface area contributed by atoms with Crippen molar-refractivity contribution in [3.63, 3.8) is 0 Å². The van der Waals surface area contributed by atoms with Crippen LogP contribution in [0.4, 0.5) is 11.6 Å². The van der Waals surface area contributed by atoms with Gasteiger partial charge in [0.05, 0.1) is 6.54 Å². The number of hydrogen-bond donors (Lipinski definition) is 6. The lowest BCUT2D eigenvalue weighted by Crippen LogP contribution is -2.38. The lowest BCUT2D eigenvalue weighted by Gasteiger charge is -2.07. The molecular weight excluding hydrogens is 448 g/mol. The van der Waals surface area contributed by atoms with Crippen LogP contribution in [0, 0.1) is 0 Å². The summed E-state index contributed by atoms with van der Waals surface area (Å²) < 4.78 is 5.55. The number of rotatable bonds is 10. The van der Waals surface area contributed by atoms with Crippen LogP contribution in [0.1, 0.15) is 36.3 Å². The second kappa shape index (κ2) is 13.6. The van der Waals surface area contributed by atoms with Crippen molar-refractivity contribution in [2.75, 3.05) is 31.2 Å². The lowest BCUT2D eigenvalue weighted by molar-refractivity contribution is 0.0972. The van der Waals surface area contributed by atoms with Gasteiger partial charge in [0.25, 0.3) is 5.91 Å². The number of anilines is 2. The molecule has 0 radical (unpaired) electrons. The highest BCUT2D eigenvalue weighted by Crippen LogP contribution is 2.17. The summed E-state index contributed by atoms with van der Waals surface area (Å²) in [4.78, 5) is 27.7. The van der Waals surface area contributed by atoms with Gasteiger partial charge in [0, 0.05) is 6.54 Å². The number of nitrogens with zero attached hydrogens (tertiary/aromatic N) is 4. The van der Waals surface area contributed by atoms with E-state index in [0.29, 0.717) is 19.7 Å². The molecule has 0 spiro atoms. The zero-order chi connectivity index (χ0) is 23.5. The number of aromatic nitrogens is 2. The second-order valence-electron chi connectivity index (χ2n) is 6.61. The number of nitrogen functional groups attached to an aromatic ring is 2. The van der Waals surface area contributed by atoms with Crippen molar-refractivity contribution in [2.24, 2.45) is 27.2 Å². The number of amides is 1. The van der Waals surface area contributed by atoms with Gasteiger partial charge in [0.15, 0.2) is 34.4 Å². The minimum absolute atomic E-state index is 0. The van der Waals surface area contributed by atoms with Crippen LogP contribution >= 0.6 is 11.6 Å². The summed E-state index contributed by atoms with van der Waals surface area (Å²) in [6, 6.07) is 7.79. The van der Waals surface area contributed by atoms with E-state index in [1.165, 1.54) is 5.56 Å². The highest BCUT2D eigenvalue weighted by atomic mass is 35.5. The molecule has 1 heterocycles. The third-order valence-corrected chi connectivity index (χ3v) is 4.37. The molecular formula is C20H31ClN10O2. The van der Waals surface area contributed by atoms with Crippen LogP contribution in [-0.4, -0.2) is 47.5 Å². The minimum atomic E-state index is -0.668. The van der Waals surface area contributed by atoms with E-state index in [1.807, 2.05) is 24.3 Å². The Kier molecular flexibility index (Phi) is 11.2. The number of nitrogens with two attached hydrogens (primary N) is 5. The van der Waals surface area contributed by atoms with Crippen molar-refractivity contribution in [3.05, 3.63) is 40.7 Å². The first-order chi connectivity index (χ1) is 15.3. The molecule has 0 aliphatic heterocycles. The molecule has 0 fully saturated rings. The number of aryl methyl sites for hydroxylation is 1. The first kappa shape index (κ1) is 27.2. The van der Waals surface area contributed by atoms with Gasteiger partial charge in [0.1, 0.15) is 12.4 Å². The third kappa shape index (κ3) is 9.47. The molecule has 11 N–H and O–H groups in total. The average molecular weight is 479 g/mol. The van der Waals surface area contributed by atoms with Crippen LogP contribution in [0.5, 0.6) is 5.75 Å². The molecule has 12 nitrogen and oxygen atoms in total. The maximum atomic E-state index is 12.2. The molecule has 2 aromatic rings. The standard InChI is InChI=1S/C19H27ClN10O2.CH4/c20-14-16(22)29-15(21)13(28-14)17(31)30-19(25)27-8-2-1-3-11-4-6-12(7-5-11)32-10-9-26-18(23)24;/h4-7H,1-3,8-10H2,(H4,21,22,29)(H4,23,24,26)(H3,25,27,30,31);1H4. The van der Waals surface area contributed by atoms with E-state index in [4.69, 9.17) is 45.0 Å². The highest BCUT2D eigenvalue weighted by molar-refractivity contribution is 6.31. The Hall–Kier alpha value is -3.80. The van der Waals surface area contributed by atoms with Gasteiger partial charge in [-0.2, -0.15) is 0 Å². The summed E-state index contributed by atoms with van der Waals surface area (Å²) in [5.74, 6) is -0.136. The minimum Gasteiger partial charge on any atom is -0.492 e. The van der Waals surface area contributed by atoms with Gasteiger partial charge < -0.3 is 33.4 Å². The predicted octanol–water partition coefficient (Wildman–Crippen LogP) is 0.650. The zero-order valence-corrected chi connectivity index (χ0v) is 18.2. The maximum Gasteiger partial charge on any atom is 0.280 e. The Morgan fingerprint density at radius 3 is 2.36 bits per heavy atom. The monoisotopic (exact) mass is 478 g/mol. The van der Waals surface area contributed by atoms with Crippen LogP contribution in [0.2, 0.25) is 5.15 Å². The van der Waals surface area contributed by atoms with E-state index in [2.05, 4.69) is 25.3 Å². The largest absolute Gasteiger partial charge is 0.492 e. The van der Waals surface area contributed by atoms with Gasteiger partial charge in [-0.25, -0.2) is 9.97 Å². The molecule has 33 heavy (non-hydrogen) atoms. The van der Waals surface area contributed by atoms with Gasteiger partial charge in [0.2, 0.25) is 0 Å². The third-order valence-electron chi connectivity index (χ3n) is 4.09. The molecule has 0 aliphatic carbocycles. The zero-order valence-electron chi connectivity index (χ0n) is 17.4. The number of hydrogen-bond acceptors (Lipinski definition) is 8. The van der Waals surface area contributed by atoms with Crippen LogP contribution in [0.3, 0.4) is 0 Å². The Labute approximate surface area is 197 Å². The van der Waals surface area contributed by atoms with Crippen molar-refractivity contribution >= 4 is 41.1 Å². The molecule has 2 rings (SSSR count). The average Bonchev–Trinajstić information content (AvgIpc) is 2.74. The number of benzene rings is 1. The molecule has 0 atom stereocenters.